The van der Waals surface area contributed by atoms with Crippen molar-refractivity contribution in [2.75, 3.05) is 12.4 Å². The zero-order chi connectivity index (χ0) is 24.1. The second-order valence-corrected chi connectivity index (χ2v) is 8.49. The van der Waals surface area contributed by atoms with Crippen molar-refractivity contribution < 1.29 is 19.1 Å². The fourth-order valence-corrected chi connectivity index (χ4v) is 4.29. The van der Waals surface area contributed by atoms with E-state index in [0.29, 0.717) is 30.9 Å². The molecule has 0 aliphatic carbocycles. The van der Waals surface area contributed by atoms with Gasteiger partial charge >= 0.3 is 0 Å². The van der Waals surface area contributed by atoms with E-state index in [1.165, 1.54) is 0 Å². The van der Waals surface area contributed by atoms with Gasteiger partial charge in [0.1, 0.15) is 11.5 Å². The summed E-state index contributed by atoms with van der Waals surface area (Å²) in [6, 6.07) is 23.0. The van der Waals surface area contributed by atoms with E-state index in [4.69, 9.17) is 9.47 Å². The van der Waals surface area contributed by atoms with Crippen LogP contribution in [0.2, 0.25) is 0 Å². The van der Waals surface area contributed by atoms with E-state index >= 15 is 0 Å². The van der Waals surface area contributed by atoms with E-state index in [1.54, 1.807) is 18.9 Å². The number of hydrogen-bond acceptors (Lipinski definition) is 4. The van der Waals surface area contributed by atoms with Crippen molar-refractivity contribution in [3.63, 3.8) is 0 Å². The van der Waals surface area contributed by atoms with Gasteiger partial charge in [0.05, 0.1) is 13.0 Å². The fraction of sp³-hybridized carbons (Fsp3) is 0.286. The predicted molar refractivity (Wildman–Crippen MR) is 132 cm³/mol. The number of nitrogens with zero attached hydrogens (tertiary/aromatic N) is 1. The zero-order valence-corrected chi connectivity index (χ0v) is 19.8. The molecule has 1 N–H and O–H groups in total. The van der Waals surface area contributed by atoms with Crippen LogP contribution >= 0.6 is 0 Å². The Morgan fingerprint density at radius 3 is 2.65 bits per heavy atom. The molecule has 6 heteroatoms. The van der Waals surface area contributed by atoms with Gasteiger partial charge in [0.15, 0.2) is 6.10 Å². The van der Waals surface area contributed by atoms with Crippen molar-refractivity contribution in [3.05, 3.63) is 89.5 Å². The van der Waals surface area contributed by atoms with Crippen LogP contribution in [0.3, 0.4) is 0 Å². The van der Waals surface area contributed by atoms with E-state index in [1.807, 2.05) is 79.7 Å². The highest BCUT2D eigenvalue weighted by atomic mass is 16.5. The first-order valence-electron chi connectivity index (χ1n) is 11.6. The second-order valence-electron chi connectivity index (χ2n) is 8.49. The molecule has 0 spiro atoms. The van der Waals surface area contributed by atoms with Gasteiger partial charge in [-0.05, 0) is 54.8 Å². The summed E-state index contributed by atoms with van der Waals surface area (Å²) in [4.78, 5) is 27.8. The molecule has 0 radical (unpaired) electrons. The average Bonchev–Trinajstić information content (AvgIpc) is 2.96. The largest absolute Gasteiger partial charge is 0.497 e. The third-order valence-corrected chi connectivity index (χ3v) is 6.09. The lowest BCUT2D eigenvalue weighted by Crippen LogP contribution is -2.37. The van der Waals surface area contributed by atoms with Crippen molar-refractivity contribution in [2.24, 2.45) is 0 Å². The molecule has 0 bridgehead atoms. The summed E-state index contributed by atoms with van der Waals surface area (Å²) in [7, 11) is 1.62. The normalized spacial score (nSPS) is 16.1. The van der Waals surface area contributed by atoms with Crippen molar-refractivity contribution in [2.45, 2.75) is 45.4 Å². The number of anilines is 1. The van der Waals surface area contributed by atoms with Gasteiger partial charge in [0.25, 0.3) is 5.91 Å². The smallest absolute Gasteiger partial charge is 0.263 e. The van der Waals surface area contributed by atoms with Crippen molar-refractivity contribution in [1.82, 2.24) is 4.90 Å². The topological polar surface area (TPSA) is 67.9 Å². The van der Waals surface area contributed by atoms with Gasteiger partial charge in [-0.1, -0.05) is 49.4 Å². The minimum Gasteiger partial charge on any atom is -0.497 e. The molecular formula is C28H30N2O4. The maximum atomic E-state index is 13.0. The van der Waals surface area contributed by atoms with E-state index in [0.717, 1.165) is 22.4 Å². The minimum absolute atomic E-state index is 0.0547. The molecule has 2 atom stereocenters. The number of carbonyl (C=O) groups excluding carboxylic acids is 2. The highest BCUT2D eigenvalue weighted by Gasteiger charge is 2.28. The van der Waals surface area contributed by atoms with Crippen molar-refractivity contribution in [1.29, 1.82) is 0 Å². The van der Waals surface area contributed by atoms with E-state index < -0.39 is 6.10 Å². The number of ether oxygens (including phenoxy) is 2. The third kappa shape index (κ3) is 5.22. The van der Waals surface area contributed by atoms with Gasteiger partial charge in [-0.15, -0.1) is 0 Å². The van der Waals surface area contributed by atoms with E-state index in [9.17, 15) is 9.59 Å². The Bertz CT molecular complexity index is 1160. The van der Waals surface area contributed by atoms with Crippen LogP contribution in [-0.2, 0) is 22.7 Å². The molecule has 0 fully saturated rings. The standard InChI is InChI=1S/C28H30N2O4/c1-4-25(21-10-6-5-7-11-21)27(31)29-23-13-14-26-22(16-23)18-30(28(32)19(2)34-26)17-20-9-8-12-24(15-20)33-3/h5-16,19,25H,4,17-18H2,1-3H3,(H,29,31)/t19-,25-/m0/s1. The first kappa shape index (κ1) is 23.4. The zero-order valence-electron chi connectivity index (χ0n) is 19.8. The number of hydrogen-bond donors (Lipinski definition) is 1. The molecule has 0 saturated heterocycles. The Labute approximate surface area is 200 Å². The Kier molecular flexibility index (Phi) is 7.16. The molecule has 0 unspecified atom stereocenters. The molecule has 3 aromatic rings. The summed E-state index contributed by atoms with van der Waals surface area (Å²) in [6.45, 7) is 4.59. The van der Waals surface area contributed by atoms with Crippen LogP contribution < -0.4 is 14.8 Å². The van der Waals surface area contributed by atoms with Gasteiger partial charge in [-0.2, -0.15) is 0 Å². The quantitative estimate of drug-likeness (QED) is 0.533. The molecule has 6 nitrogen and oxygen atoms in total. The molecule has 0 aromatic heterocycles. The second kappa shape index (κ2) is 10.4. The lowest BCUT2D eigenvalue weighted by atomic mass is 9.95. The Morgan fingerprint density at radius 2 is 1.91 bits per heavy atom. The van der Waals surface area contributed by atoms with Crippen LogP contribution in [0.5, 0.6) is 11.5 Å². The molecule has 34 heavy (non-hydrogen) atoms. The highest BCUT2D eigenvalue weighted by Crippen LogP contribution is 2.30. The molecule has 1 aliphatic rings. The number of methoxy groups -OCH3 is 1. The van der Waals surface area contributed by atoms with Crippen molar-refractivity contribution >= 4 is 17.5 Å². The predicted octanol–water partition coefficient (Wildman–Crippen LogP) is 5.14. The Morgan fingerprint density at radius 1 is 1.12 bits per heavy atom. The SMILES string of the molecule is CC[C@H](C(=O)Nc1ccc2c(c1)CN(Cc1cccc(OC)c1)C(=O)[C@H](C)O2)c1ccccc1. The van der Waals surface area contributed by atoms with Gasteiger partial charge in [-0.25, -0.2) is 0 Å². The number of nitrogens with one attached hydrogen (secondary N) is 1. The van der Waals surface area contributed by atoms with Crippen molar-refractivity contribution in [3.8, 4) is 11.5 Å². The number of amides is 2. The maximum absolute atomic E-state index is 13.0. The Balaban J connectivity index is 1.55. The van der Waals surface area contributed by atoms with Gasteiger partial charge < -0.3 is 19.7 Å². The molecule has 176 valence electrons. The molecule has 2 amide bonds. The molecule has 0 saturated carbocycles. The maximum Gasteiger partial charge on any atom is 0.263 e. The lowest BCUT2D eigenvalue weighted by molar-refractivity contribution is -0.138. The molecule has 1 aliphatic heterocycles. The highest BCUT2D eigenvalue weighted by molar-refractivity contribution is 5.96. The average molecular weight is 459 g/mol. The van der Waals surface area contributed by atoms with E-state index in [2.05, 4.69) is 5.32 Å². The number of benzene rings is 3. The monoisotopic (exact) mass is 458 g/mol. The lowest BCUT2D eigenvalue weighted by Gasteiger charge is -2.22. The van der Waals surface area contributed by atoms with Crippen LogP contribution in [0.1, 0.15) is 42.9 Å². The summed E-state index contributed by atoms with van der Waals surface area (Å²) in [5.41, 5.74) is 3.50. The molecule has 3 aromatic carbocycles. The Hall–Kier alpha value is -3.80. The van der Waals surface area contributed by atoms with Gasteiger partial charge in [0.2, 0.25) is 5.91 Å². The summed E-state index contributed by atoms with van der Waals surface area (Å²) < 4.78 is 11.3. The summed E-state index contributed by atoms with van der Waals surface area (Å²) in [5, 5.41) is 3.05. The van der Waals surface area contributed by atoms with Crippen LogP contribution in [0, 0.1) is 0 Å². The number of fused-ring (bicyclic) bond motifs is 1. The van der Waals surface area contributed by atoms with Gasteiger partial charge in [-0.3, -0.25) is 9.59 Å². The van der Waals surface area contributed by atoms with Crippen LogP contribution in [0.25, 0.3) is 0 Å². The third-order valence-electron chi connectivity index (χ3n) is 6.09. The molecular weight excluding hydrogens is 428 g/mol. The van der Waals surface area contributed by atoms with Crippen LogP contribution in [0.4, 0.5) is 5.69 Å². The summed E-state index contributed by atoms with van der Waals surface area (Å²) >= 11 is 0. The molecule has 4 rings (SSSR count). The van der Waals surface area contributed by atoms with Crippen LogP contribution in [-0.4, -0.2) is 29.9 Å². The first-order chi connectivity index (χ1) is 16.5. The first-order valence-corrected chi connectivity index (χ1v) is 11.6. The minimum atomic E-state index is -0.602. The summed E-state index contributed by atoms with van der Waals surface area (Å²) in [6.07, 6.45) is 0.0967. The van der Waals surface area contributed by atoms with Crippen LogP contribution in [0.15, 0.2) is 72.8 Å². The fourth-order valence-electron chi connectivity index (χ4n) is 4.29. The van der Waals surface area contributed by atoms with Gasteiger partial charge in [0, 0.05) is 24.3 Å². The molecule has 1 heterocycles. The summed E-state index contributed by atoms with van der Waals surface area (Å²) in [5.74, 6) is 1.03. The number of carbonyl (C=O) groups is 2. The number of rotatable bonds is 7. The van der Waals surface area contributed by atoms with E-state index in [-0.39, 0.29) is 17.7 Å².